The number of nitrogens with one attached hydrogen (secondary N) is 2. The van der Waals surface area contributed by atoms with Crippen LogP contribution in [0.25, 0.3) is 0 Å². The molecule has 8 nitrogen and oxygen atoms in total. The van der Waals surface area contributed by atoms with Crippen LogP contribution in [-0.4, -0.2) is 22.7 Å². The van der Waals surface area contributed by atoms with Gasteiger partial charge in [-0.1, -0.05) is 23.2 Å². The summed E-state index contributed by atoms with van der Waals surface area (Å²) >= 11 is 14.7. The molecule has 0 unspecified atom stereocenters. The second-order valence-electron chi connectivity index (χ2n) is 6.97. The molecule has 0 aliphatic rings. The van der Waals surface area contributed by atoms with Crippen LogP contribution in [0.2, 0.25) is 10.0 Å². The van der Waals surface area contributed by atoms with Gasteiger partial charge in [-0.3, -0.25) is 14.2 Å². The van der Waals surface area contributed by atoms with Crippen LogP contribution in [0.15, 0.2) is 62.8 Å². The van der Waals surface area contributed by atoms with E-state index >= 15 is 0 Å². The van der Waals surface area contributed by atoms with Gasteiger partial charge >= 0.3 is 29.6 Å². The Morgan fingerprint density at radius 2 is 1.57 bits per heavy atom. The third kappa shape index (κ3) is 7.10. The normalized spacial score (nSPS) is 11.5. The third-order valence-corrected chi connectivity index (χ3v) is 8.27. The summed E-state index contributed by atoms with van der Waals surface area (Å²) in [4.78, 5) is 11.3. The Morgan fingerprint density at radius 1 is 0.971 bits per heavy atom. The number of rotatable bonds is 7. The largest absolute Gasteiger partial charge is 1.00 e. The van der Waals surface area contributed by atoms with Crippen LogP contribution in [-0.2, 0) is 20.0 Å². The van der Waals surface area contributed by atoms with Gasteiger partial charge in [0.05, 0.1) is 20.6 Å². The van der Waals surface area contributed by atoms with E-state index in [1.807, 2.05) is 0 Å². The van der Waals surface area contributed by atoms with E-state index in [2.05, 4.69) is 25.4 Å². The zero-order valence-corrected chi connectivity index (χ0v) is 24.8. The number of primary amides is 1. The number of halogens is 4. The van der Waals surface area contributed by atoms with Crippen molar-refractivity contribution in [2.45, 2.75) is 16.7 Å². The molecular formula is C20H16BrCl2FN3NaO5S2. The average Bonchev–Trinajstić information content (AvgIpc) is 2.70. The van der Waals surface area contributed by atoms with E-state index in [1.165, 1.54) is 19.1 Å². The monoisotopic (exact) mass is 633 g/mol. The summed E-state index contributed by atoms with van der Waals surface area (Å²) in [5.41, 5.74) is 5.10. The van der Waals surface area contributed by atoms with Crippen molar-refractivity contribution in [3.63, 3.8) is 0 Å². The summed E-state index contributed by atoms with van der Waals surface area (Å²) < 4.78 is 69.5. The van der Waals surface area contributed by atoms with E-state index in [4.69, 9.17) is 28.9 Å². The zero-order valence-electron chi connectivity index (χ0n) is 19.1. The molecule has 182 valence electrons. The molecule has 4 N–H and O–H groups in total. The van der Waals surface area contributed by atoms with Gasteiger partial charge in [-0.2, -0.15) is 0 Å². The molecule has 35 heavy (non-hydrogen) atoms. The molecule has 3 aromatic carbocycles. The van der Waals surface area contributed by atoms with Crippen molar-refractivity contribution < 1.29 is 57.0 Å². The predicted molar refractivity (Wildman–Crippen MR) is 133 cm³/mol. The Kier molecular flexibility index (Phi) is 9.67. The summed E-state index contributed by atoms with van der Waals surface area (Å²) in [7, 11) is -8.56. The first-order chi connectivity index (χ1) is 15.7. The quantitative estimate of drug-likeness (QED) is 0.342. The van der Waals surface area contributed by atoms with Crippen molar-refractivity contribution in [3.05, 3.63) is 80.0 Å². The number of anilines is 2. The third-order valence-electron chi connectivity index (χ3n) is 4.44. The van der Waals surface area contributed by atoms with Crippen LogP contribution in [0.5, 0.6) is 0 Å². The van der Waals surface area contributed by atoms with Crippen molar-refractivity contribution >= 4 is 76.5 Å². The topological polar surface area (TPSA) is 135 Å². The fourth-order valence-electron chi connectivity index (χ4n) is 2.87. The average molecular weight is 635 g/mol. The summed E-state index contributed by atoms with van der Waals surface area (Å²) in [6, 6.07) is 9.15. The van der Waals surface area contributed by atoms with Gasteiger partial charge in [-0.05, 0) is 76.9 Å². The smallest absolute Gasteiger partial charge is 1.00 e. The van der Waals surface area contributed by atoms with Crippen LogP contribution in [0.1, 0.15) is 17.3 Å². The van der Waals surface area contributed by atoms with Crippen molar-refractivity contribution in [1.29, 1.82) is 0 Å². The minimum absolute atomic E-state index is 0. The number of aryl methyl sites for hydroxylation is 1. The van der Waals surface area contributed by atoms with Crippen molar-refractivity contribution in [1.82, 2.24) is 0 Å². The molecule has 0 saturated carbocycles. The molecule has 0 radical (unpaired) electrons. The number of benzene rings is 3. The molecule has 0 atom stereocenters. The molecule has 1 amide bonds. The Bertz CT molecular complexity index is 1530. The molecule has 0 aliphatic heterocycles. The van der Waals surface area contributed by atoms with E-state index in [1.54, 1.807) is 0 Å². The Hall–Kier alpha value is -1.38. The van der Waals surface area contributed by atoms with E-state index in [9.17, 15) is 26.0 Å². The van der Waals surface area contributed by atoms with Gasteiger partial charge in [0.2, 0.25) is 5.91 Å². The minimum atomic E-state index is -4.37. The minimum Gasteiger partial charge on any atom is -1.00 e. The number of hydrogen-bond donors (Lipinski definition) is 3. The maximum atomic E-state index is 13.7. The number of carbonyl (C=O) groups excluding carboxylic acids is 1. The Balaban J connectivity index is 0.00000324. The van der Waals surface area contributed by atoms with E-state index in [-0.39, 0.29) is 67.3 Å². The van der Waals surface area contributed by atoms with Crippen LogP contribution in [0.3, 0.4) is 0 Å². The van der Waals surface area contributed by atoms with Crippen LogP contribution < -0.4 is 44.7 Å². The van der Waals surface area contributed by atoms with Crippen molar-refractivity contribution in [2.24, 2.45) is 5.73 Å². The Labute approximate surface area is 243 Å². The second-order valence-corrected chi connectivity index (χ2v) is 12.0. The first kappa shape index (κ1) is 29.8. The fraction of sp³-hybridized carbons (Fsp3) is 0.0500. The number of hydrogen-bond acceptors (Lipinski definition) is 5. The molecule has 3 rings (SSSR count). The molecule has 0 bridgehead atoms. The van der Waals surface area contributed by atoms with E-state index < -0.39 is 42.2 Å². The van der Waals surface area contributed by atoms with Crippen LogP contribution in [0.4, 0.5) is 15.8 Å². The SMILES string of the molecule is Cc1cc(F)c(Br)cc1NS(=O)(=O)c1ccc(NS(=O)(=O)c2cc(Cl)cc(Cl)c2)cc1C(N)=O.[H-].[Na+]. The molecule has 0 heterocycles. The van der Waals surface area contributed by atoms with E-state index in [0.29, 0.717) is 0 Å². The molecule has 0 aromatic heterocycles. The fourth-order valence-corrected chi connectivity index (χ4v) is 6.31. The second kappa shape index (κ2) is 11.3. The van der Waals surface area contributed by atoms with Gasteiger partial charge < -0.3 is 7.16 Å². The molecule has 0 saturated heterocycles. The first-order valence-electron chi connectivity index (χ1n) is 9.11. The summed E-state index contributed by atoms with van der Waals surface area (Å²) in [6.07, 6.45) is 0. The number of amides is 1. The molecular weight excluding hydrogens is 619 g/mol. The summed E-state index contributed by atoms with van der Waals surface area (Å²) in [6.45, 7) is 1.49. The number of nitrogens with two attached hydrogens (primary N) is 1. The van der Waals surface area contributed by atoms with Gasteiger partial charge in [-0.15, -0.1) is 0 Å². The van der Waals surface area contributed by atoms with E-state index in [0.717, 1.165) is 36.4 Å². The maximum absolute atomic E-state index is 13.7. The molecule has 3 aromatic rings. The van der Waals surface area contributed by atoms with Gasteiger partial charge in [-0.25, -0.2) is 21.2 Å². The zero-order chi connectivity index (χ0) is 25.4. The molecule has 0 aliphatic carbocycles. The van der Waals surface area contributed by atoms with Crippen LogP contribution >= 0.6 is 39.1 Å². The van der Waals surface area contributed by atoms with Crippen molar-refractivity contribution in [3.8, 4) is 0 Å². The van der Waals surface area contributed by atoms with Gasteiger partial charge in [0.25, 0.3) is 20.0 Å². The first-order valence-corrected chi connectivity index (χ1v) is 13.6. The van der Waals surface area contributed by atoms with Crippen molar-refractivity contribution in [2.75, 3.05) is 9.44 Å². The summed E-state index contributed by atoms with van der Waals surface area (Å²) in [5.74, 6) is -1.71. The van der Waals surface area contributed by atoms with Gasteiger partial charge in [0.15, 0.2) is 0 Å². The Morgan fingerprint density at radius 3 is 2.14 bits per heavy atom. The van der Waals surface area contributed by atoms with Gasteiger partial charge in [0.1, 0.15) is 10.7 Å². The molecule has 15 heteroatoms. The standard InChI is InChI=1S/C20H15BrCl2FN3O5S2.Na.H/c1-10-4-17(24)16(21)9-18(10)27-34(31,32)19-3-2-13(8-15(19)20(25)28)26-33(29,30)14-6-11(22)5-12(23)7-14;;/h2-9,26-27H,1H3,(H2,25,28);;/q;+1;-1. The maximum Gasteiger partial charge on any atom is 1.00 e. The van der Waals surface area contributed by atoms with Crippen LogP contribution in [0, 0.1) is 12.7 Å². The number of sulfonamides is 2. The predicted octanol–water partition coefficient (Wildman–Crippen LogP) is 2.02. The molecule has 0 spiro atoms. The summed E-state index contributed by atoms with van der Waals surface area (Å²) in [5, 5.41) is 0.168. The molecule has 0 fully saturated rings. The number of carbonyl (C=O) groups is 1. The van der Waals surface area contributed by atoms with Gasteiger partial charge in [0, 0.05) is 15.7 Å².